The molecule has 20 heavy (non-hydrogen) atoms. The highest BCUT2D eigenvalue weighted by Crippen LogP contribution is 2.20. The van der Waals surface area contributed by atoms with Gasteiger partial charge in [0.1, 0.15) is 6.10 Å². The molecule has 2 nitrogen and oxygen atoms in total. The highest BCUT2D eigenvalue weighted by molar-refractivity contribution is 5.84. The number of rotatable bonds is 10. The number of hydrogen-bond acceptors (Lipinski definition) is 2. The van der Waals surface area contributed by atoms with Crippen molar-refractivity contribution in [1.29, 1.82) is 0 Å². The van der Waals surface area contributed by atoms with Gasteiger partial charge in [-0.05, 0) is 24.5 Å². The van der Waals surface area contributed by atoms with Crippen molar-refractivity contribution in [2.75, 3.05) is 0 Å². The fourth-order valence-corrected chi connectivity index (χ4v) is 2.46. The van der Waals surface area contributed by atoms with Gasteiger partial charge < -0.3 is 5.11 Å². The highest BCUT2D eigenvalue weighted by Gasteiger charge is 2.17. The maximum Gasteiger partial charge on any atom is 0.165 e. The summed E-state index contributed by atoms with van der Waals surface area (Å²) in [5, 5.41) is 10.1. The standard InChI is InChI=1S/C18H28O2/c1-3-4-5-6-7-8-9-14-17(19)18(20)16-13-11-10-12-15(16)2/h10-13,18,20H,3-9,14H2,1-2H3. The first-order chi connectivity index (χ1) is 9.66. The van der Waals surface area contributed by atoms with E-state index in [9.17, 15) is 9.90 Å². The Hall–Kier alpha value is -1.15. The van der Waals surface area contributed by atoms with Crippen molar-refractivity contribution in [2.24, 2.45) is 0 Å². The average Bonchev–Trinajstić information content (AvgIpc) is 2.46. The topological polar surface area (TPSA) is 37.3 Å². The zero-order valence-electron chi connectivity index (χ0n) is 12.9. The van der Waals surface area contributed by atoms with Crippen molar-refractivity contribution in [3.63, 3.8) is 0 Å². The van der Waals surface area contributed by atoms with Crippen LogP contribution in [0.25, 0.3) is 0 Å². The molecule has 0 heterocycles. The van der Waals surface area contributed by atoms with E-state index in [2.05, 4.69) is 6.92 Å². The van der Waals surface area contributed by atoms with Crippen LogP contribution in [0.5, 0.6) is 0 Å². The lowest BCUT2D eigenvalue weighted by molar-refractivity contribution is -0.127. The van der Waals surface area contributed by atoms with Gasteiger partial charge in [0.05, 0.1) is 0 Å². The van der Waals surface area contributed by atoms with E-state index in [0.717, 1.165) is 24.0 Å². The average molecular weight is 276 g/mol. The van der Waals surface area contributed by atoms with Crippen LogP contribution >= 0.6 is 0 Å². The van der Waals surface area contributed by atoms with Crippen LogP contribution in [-0.2, 0) is 4.79 Å². The van der Waals surface area contributed by atoms with Crippen LogP contribution in [0.3, 0.4) is 0 Å². The third kappa shape index (κ3) is 5.87. The Morgan fingerprint density at radius 3 is 2.30 bits per heavy atom. The van der Waals surface area contributed by atoms with Gasteiger partial charge in [-0.1, -0.05) is 69.7 Å². The first-order valence-corrected chi connectivity index (χ1v) is 7.93. The molecule has 0 aromatic heterocycles. The number of hydrogen-bond donors (Lipinski definition) is 1. The monoisotopic (exact) mass is 276 g/mol. The molecule has 1 rings (SSSR count). The molecule has 0 saturated carbocycles. The number of aliphatic hydroxyl groups excluding tert-OH is 1. The summed E-state index contributed by atoms with van der Waals surface area (Å²) in [6.07, 6.45) is 7.88. The van der Waals surface area contributed by atoms with E-state index >= 15 is 0 Å². The molecule has 0 aliphatic carbocycles. The number of carbonyl (C=O) groups is 1. The number of Topliss-reactive ketones (excluding diaryl/α,β-unsaturated/α-hetero) is 1. The number of aryl methyl sites for hydroxylation is 1. The zero-order chi connectivity index (χ0) is 14.8. The molecule has 1 aromatic rings. The van der Waals surface area contributed by atoms with Gasteiger partial charge >= 0.3 is 0 Å². The van der Waals surface area contributed by atoms with Crippen molar-refractivity contribution < 1.29 is 9.90 Å². The SMILES string of the molecule is CCCCCCCCCC(=O)C(O)c1ccccc1C. The Morgan fingerprint density at radius 2 is 1.65 bits per heavy atom. The third-order valence-electron chi connectivity index (χ3n) is 3.81. The largest absolute Gasteiger partial charge is 0.381 e. The summed E-state index contributed by atoms with van der Waals surface area (Å²) in [6.45, 7) is 4.14. The first-order valence-electron chi connectivity index (χ1n) is 7.93. The van der Waals surface area contributed by atoms with E-state index in [1.54, 1.807) is 0 Å². The van der Waals surface area contributed by atoms with Crippen molar-refractivity contribution in [3.05, 3.63) is 35.4 Å². The molecule has 0 fully saturated rings. The predicted molar refractivity (Wildman–Crippen MR) is 83.8 cm³/mol. The number of ketones is 1. The van der Waals surface area contributed by atoms with Crippen molar-refractivity contribution in [2.45, 2.75) is 71.3 Å². The van der Waals surface area contributed by atoms with Crippen LogP contribution < -0.4 is 0 Å². The zero-order valence-corrected chi connectivity index (χ0v) is 12.9. The minimum Gasteiger partial charge on any atom is -0.381 e. The lowest BCUT2D eigenvalue weighted by Crippen LogP contribution is -2.12. The Labute approximate surface area is 123 Å². The summed E-state index contributed by atoms with van der Waals surface area (Å²) < 4.78 is 0. The molecular formula is C18H28O2. The second-order valence-corrected chi connectivity index (χ2v) is 5.60. The minimum absolute atomic E-state index is 0.0483. The van der Waals surface area contributed by atoms with E-state index in [-0.39, 0.29) is 5.78 Å². The van der Waals surface area contributed by atoms with Crippen molar-refractivity contribution in [3.8, 4) is 0 Å². The van der Waals surface area contributed by atoms with Crippen molar-refractivity contribution >= 4 is 5.78 Å². The summed E-state index contributed by atoms with van der Waals surface area (Å²) >= 11 is 0. The summed E-state index contributed by atoms with van der Waals surface area (Å²) in [5.74, 6) is -0.0483. The quantitative estimate of drug-likeness (QED) is 0.627. The van der Waals surface area contributed by atoms with Gasteiger partial charge in [0.15, 0.2) is 5.78 Å². The first kappa shape index (κ1) is 16.9. The molecule has 0 radical (unpaired) electrons. The van der Waals surface area contributed by atoms with Crippen LogP contribution in [0.2, 0.25) is 0 Å². The fourth-order valence-electron chi connectivity index (χ4n) is 2.46. The molecule has 112 valence electrons. The van der Waals surface area contributed by atoms with Crippen LogP contribution in [0.4, 0.5) is 0 Å². The van der Waals surface area contributed by atoms with Gasteiger partial charge in [-0.2, -0.15) is 0 Å². The maximum atomic E-state index is 12.0. The lowest BCUT2D eigenvalue weighted by atomic mass is 9.97. The maximum absolute atomic E-state index is 12.0. The fraction of sp³-hybridized carbons (Fsp3) is 0.611. The van der Waals surface area contributed by atoms with E-state index < -0.39 is 6.10 Å². The molecule has 0 aliphatic rings. The van der Waals surface area contributed by atoms with Gasteiger partial charge in [0.2, 0.25) is 0 Å². The van der Waals surface area contributed by atoms with E-state index in [1.807, 2.05) is 31.2 Å². The van der Waals surface area contributed by atoms with Gasteiger partial charge in [-0.3, -0.25) is 4.79 Å². The van der Waals surface area contributed by atoms with Crippen molar-refractivity contribution in [1.82, 2.24) is 0 Å². The Morgan fingerprint density at radius 1 is 1.05 bits per heavy atom. The minimum atomic E-state index is -0.948. The molecule has 1 N–H and O–H groups in total. The van der Waals surface area contributed by atoms with Gasteiger partial charge in [-0.15, -0.1) is 0 Å². The number of aliphatic hydroxyl groups is 1. The van der Waals surface area contributed by atoms with E-state index in [4.69, 9.17) is 0 Å². The molecule has 0 amide bonds. The highest BCUT2D eigenvalue weighted by atomic mass is 16.3. The molecule has 0 aliphatic heterocycles. The molecule has 0 saturated heterocycles. The summed E-state index contributed by atoms with van der Waals surface area (Å²) in [5.41, 5.74) is 1.73. The van der Waals surface area contributed by atoms with Gasteiger partial charge in [0, 0.05) is 6.42 Å². The van der Waals surface area contributed by atoms with Gasteiger partial charge in [0.25, 0.3) is 0 Å². The molecular weight excluding hydrogens is 248 g/mol. The van der Waals surface area contributed by atoms with Crippen LogP contribution in [0, 0.1) is 6.92 Å². The molecule has 0 bridgehead atoms. The van der Waals surface area contributed by atoms with E-state index in [1.165, 1.54) is 32.1 Å². The molecule has 1 atom stereocenters. The predicted octanol–water partition coefficient (Wildman–Crippen LogP) is 4.74. The molecule has 0 spiro atoms. The molecule has 1 aromatic carbocycles. The van der Waals surface area contributed by atoms with Crippen LogP contribution in [0.15, 0.2) is 24.3 Å². The third-order valence-corrected chi connectivity index (χ3v) is 3.81. The molecule has 1 unspecified atom stereocenters. The van der Waals surface area contributed by atoms with E-state index in [0.29, 0.717) is 6.42 Å². The number of carbonyl (C=O) groups excluding carboxylic acids is 1. The molecule has 2 heteroatoms. The smallest absolute Gasteiger partial charge is 0.165 e. The summed E-state index contributed by atoms with van der Waals surface area (Å²) in [4.78, 5) is 12.0. The Kier molecular flexibility index (Phi) is 8.20. The lowest BCUT2D eigenvalue weighted by Gasteiger charge is -2.12. The Bertz CT molecular complexity index is 398. The normalized spacial score (nSPS) is 12.3. The summed E-state index contributed by atoms with van der Waals surface area (Å²) in [6, 6.07) is 7.56. The Balaban J connectivity index is 2.24. The number of unbranched alkanes of at least 4 members (excludes halogenated alkanes) is 6. The second kappa shape index (κ2) is 9.71. The summed E-state index contributed by atoms with van der Waals surface area (Å²) in [7, 11) is 0. The van der Waals surface area contributed by atoms with Crippen LogP contribution in [0.1, 0.15) is 75.5 Å². The second-order valence-electron chi connectivity index (χ2n) is 5.60. The van der Waals surface area contributed by atoms with Crippen LogP contribution in [-0.4, -0.2) is 10.9 Å². The van der Waals surface area contributed by atoms with Gasteiger partial charge in [-0.25, -0.2) is 0 Å². The number of benzene rings is 1.